The van der Waals surface area contributed by atoms with Gasteiger partial charge in [0.25, 0.3) is 5.91 Å². The molecule has 1 atom stereocenters. The molecule has 2 aliphatic heterocycles. The van der Waals surface area contributed by atoms with Gasteiger partial charge in [0, 0.05) is 42.3 Å². The zero-order chi connectivity index (χ0) is 13.9. The van der Waals surface area contributed by atoms with Gasteiger partial charge < -0.3 is 9.64 Å². The van der Waals surface area contributed by atoms with Crippen LogP contribution >= 0.6 is 15.9 Å². The van der Waals surface area contributed by atoms with Crippen LogP contribution in [-0.2, 0) is 4.74 Å². The van der Waals surface area contributed by atoms with Gasteiger partial charge in [0.15, 0.2) is 0 Å². The van der Waals surface area contributed by atoms with Crippen molar-refractivity contribution in [3.8, 4) is 0 Å². The Balaban J connectivity index is 1.61. The number of likely N-dealkylation sites (tertiary alicyclic amines) is 1. The molecule has 0 bridgehead atoms. The quantitative estimate of drug-likeness (QED) is 0.826. The first kappa shape index (κ1) is 14.0. The molecular weight excluding hydrogens is 320 g/mol. The third-order valence-electron chi connectivity index (χ3n) is 4.10. The smallest absolute Gasteiger partial charge is 0.253 e. The van der Waals surface area contributed by atoms with Crippen molar-refractivity contribution in [3.63, 3.8) is 0 Å². The molecule has 2 aliphatic rings. The summed E-state index contributed by atoms with van der Waals surface area (Å²) in [5.41, 5.74) is 0.774. The standard InChI is InChI=1S/C15H19BrN2O2/c16-13-3-1-12(2-4-13)15(19)18-6-5-14(11-18)17-7-9-20-10-8-17/h1-4,14H,5-11H2. The van der Waals surface area contributed by atoms with Crippen LogP contribution in [-0.4, -0.2) is 61.1 Å². The van der Waals surface area contributed by atoms with Crippen LogP contribution in [0.15, 0.2) is 28.7 Å². The van der Waals surface area contributed by atoms with E-state index < -0.39 is 0 Å². The molecule has 1 unspecified atom stereocenters. The number of halogens is 1. The molecule has 0 N–H and O–H groups in total. The van der Waals surface area contributed by atoms with Crippen LogP contribution in [0.1, 0.15) is 16.8 Å². The Morgan fingerprint density at radius 2 is 1.85 bits per heavy atom. The summed E-state index contributed by atoms with van der Waals surface area (Å²) in [5.74, 6) is 0.147. The predicted molar refractivity (Wildman–Crippen MR) is 80.8 cm³/mol. The second-order valence-corrected chi connectivity index (χ2v) is 6.26. The molecule has 1 aromatic rings. The van der Waals surface area contributed by atoms with Crippen molar-refractivity contribution in [2.24, 2.45) is 0 Å². The zero-order valence-corrected chi connectivity index (χ0v) is 13.0. The number of ether oxygens (including phenoxy) is 1. The minimum Gasteiger partial charge on any atom is -0.379 e. The molecule has 0 spiro atoms. The maximum atomic E-state index is 12.5. The van der Waals surface area contributed by atoms with Crippen LogP contribution in [0.2, 0.25) is 0 Å². The lowest BCUT2D eigenvalue weighted by Gasteiger charge is -2.32. The lowest BCUT2D eigenvalue weighted by Crippen LogP contribution is -2.45. The van der Waals surface area contributed by atoms with E-state index in [1.54, 1.807) is 0 Å². The zero-order valence-electron chi connectivity index (χ0n) is 11.4. The normalized spacial score (nSPS) is 24.1. The SMILES string of the molecule is O=C(c1ccc(Br)cc1)N1CCC(N2CCOCC2)C1. The number of benzene rings is 1. The highest BCUT2D eigenvalue weighted by Crippen LogP contribution is 2.20. The van der Waals surface area contributed by atoms with E-state index in [4.69, 9.17) is 4.74 Å². The van der Waals surface area contributed by atoms with Gasteiger partial charge >= 0.3 is 0 Å². The van der Waals surface area contributed by atoms with Crippen LogP contribution in [0.4, 0.5) is 0 Å². The third kappa shape index (κ3) is 3.05. The minimum atomic E-state index is 0.147. The number of morpholine rings is 1. The molecule has 3 rings (SSSR count). The van der Waals surface area contributed by atoms with Crippen LogP contribution in [0.25, 0.3) is 0 Å². The van der Waals surface area contributed by atoms with E-state index in [9.17, 15) is 4.79 Å². The molecule has 0 saturated carbocycles. The molecule has 5 heteroatoms. The molecular formula is C15H19BrN2O2. The van der Waals surface area contributed by atoms with E-state index in [0.717, 1.165) is 55.8 Å². The molecule has 2 saturated heterocycles. The first-order valence-electron chi connectivity index (χ1n) is 7.11. The molecule has 2 heterocycles. The summed E-state index contributed by atoms with van der Waals surface area (Å²) in [6, 6.07) is 8.10. The third-order valence-corrected chi connectivity index (χ3v) is 4.63. The fraction of sp³-hybridized carbons (Fsp3) is 0.533. The predicted octanol–water partition coefficient (Wildman–Crippen LogP) is 2.00. The van der Waals surface area contributed by atoms with Gasteiger partial charge in [-0.05, 0) is 30.7 Å². The van der Waals surface area contributed by atoms with Crippen molar-refractivity contribution in [3.05, 3.63) is 34.3 Å². The van der Waals surface area contributed by atoms with Gasteiger partial charge in [0.2, 0.25) is 0 Å². The molecule has 0 radical (unpaired) electrons. The molecule has 1 aromatic carbocycles. The van der Waals surface area contributed by atoms with Gasteiger partial charge in [-0.2, -0.15) is 0 Å². The Morgan fingerprint density at radius 1 is 1.15 bits per heavy atom. The van der Waals surface area contributed by atoms with Crippen LogP contribution in [0, 0.1) is 0 Å². The van der Waals surface area contributed by atoms with Crippen LogP contribution in [0.5, 0.6) is 0 Å². The van der Waals surface area contributed by atoms with E-state index in [0.29, 0.717) is 6.04 Å². The van der Waals surface area contributed by atoms with E-state index in [-0.39, 0.29) is 5.91 Å². The maximum absolute atomic E-state index is 12.5. The lowest BCUT2D eigenvalue weighted by molar-refractivity contribution is 0.0185. The average molecular weight is 339 g/mol. The Kier molecular flexibility index (Phi) is 4.38. The number of amides is 1. The van der Waals surface area contributed by atoms with Gasteiger partial charge in [-0.1, -0.05) is 15.9 Å². The number of nitrogens with zero attached hydrogens (tertiary/aromatic N) is 2. The molecule has 1 amide bonds. The molecule has 20 heavy (non-hydrogen) atoms. The first-order chi connectivity index (χ1) is 9.74. The molecule has 108 valence electrons. The summed E-state index contributed by atoms with van der Waals surface area (Å²) < 4.78 is 6.39. The van der Waals surface area contributed by atoms with E-state index in [1.165, 1.54) is 0 Å². The van der Waals surface area contributed by atoms with Crippen molar-refractivity contribution in [2.45, 2.75) is 12.5 Å². The van der Waals surface area contributed by atoms with Crippen molar-refractivity contribution in [1.29, 1.82) is 0 Å². The van der Waals surface area contributed by atoms with E-state index in [1.807, 2.05) is 29.2 Å². The first-order valence-corrected chi connectivity index (χ1v) is 7.90. The fourth-order valence-corrected chi connectivity index (χ4v) is 3.21. The Morgan fingerprint density at radius 3 is 2.55 bits per heavy atom. The molecule has 2 fully saturated rings. The van der Waals surface area contributed by atoms with Gasteiger partial charge in [-0.3, -0.25) is 9.69 Å². The van der Waals surface area contributed by atoms with E-state index >= 15 is 0 Å². The van der Waals surface area contributed by atoms with Gasteiger partial charge in [0.05, 0.1) is 13.2 Å². The summed E-state index contributed by atoms with van der Waals surface area (Å²) in [6.45, 7) is 5.32. The number of carbonyl (C=O) groups is 1. The van der Waals surface area contributed by atoms with Crippen LogP contribution in [0.3, 0.4) is 0 Å². The lowest BCUT2D eigenvalue weighted by atomic mass is 10.2. The van der Waals surface area contributed by atoms with Crippen molar-refractivity contribution in [1.82, 2.24) is 9.80 Å². The summed E-state index contributed by atoms with van der Waals surface area (Å²) >= 11 is 3.40. The molecule has 0 aliphatic carbocycles. The average Bonchev–Trinajstić information content (AvgIpc) is 2.98. The highest BCUT2D eigenvalue weighted by atomic mass is 79.9. The highest BCUT2D eigenvalue weighted by molar-refractivity contribution is 9.10. The Labute approximate surface area is 127 Å². The Bertz CT molecular complexity index is 471. The fourth-order valence-electron chi connectivity index (χ4n) is 2.94. The minimum absolute atomic E-state index is 0.147. The van der Waals surface area contributed by atoms with Crippen molar-refractivity contribution in [2.75, 3.05) is 39.4 Å². The van der Waals surface area contributed by atoms with Gasteiger partial charge in [-0.15, -0.1) is 0 Å². The number of hydrogen-bond acceptors (Lipinski definition) is 3. The summed E-state index contributed by atoms with van der Waals surface area (Å²) in [6.07, 6.45) is 1.07. The number of hydrogen-bond donors (Lipinski definition) is 0. The maximum Gasteiger partial charge on any atom is 0.253 e. The van der Waals surface area contributed by atoms with Gasteiger partial charge in [-0.25, -0.2) is 0 Å². The summed E-state index contributed by atoms with van der Waals surface area (Å²) in [4.78, 5) is 16.9. The van der Waals surface area contributed by atoms with Crippen LogP contribution < -0.4 is 0 Å². The second-order valence-electron chi connectivity index (χ2n) is 5.35. The van der Waals surface area contributed by atoms with Crippen molar-refractivity contribution >= 4 is 21.8 Å². The van der Waals surface area contributed by atoms with Gasteiger partial charge in [0.1, 0.15) is 0 Å². The topological polar surface area (TPSA) is 32.8 Å². The number of rotatable bonds is 2. The summed E-state index contributed by atoms with van der Waals surface area (Å²) in [5, 5.41) is 0. The molecule has 0 aromatic heterocycles. The molecule has 4 nitrogen and oxygen atoms in total. The number of carbonyl (C=O) groups excluding carboxylic acids is 1. The monoisotopic (exact) mass is 338 g/mol. The summed E-state index contributed by atoms with van der Waals surface area (Å²) in [7, 11) is 0. The van der Waals surface area contributed by atoms with Crippen molar-refractivity contribution < 1.29 is 9.53 Å². The second kappa shape index (κ2) is 6.24. The Hall–Kier alpha value is -0.910. The largest absolute Gasteiger partial charge is 0.379 e. The van der Waals surface area contributed by atoms with E-state index in [2.05, 4.69) is 20.8 Å². The highest BCUT2D eigenvalue weighted by Gasteiger charge is 2.31.